The number of rotatable bonds is 3. The highest BCUT2D eigenvalue weighted by Crippen LogP contribution is 2.22. The Morgan fingerprint density at radius 1 is 1.09 bits per heavy atom. The van der Waals surface area contributed by atoms with E-state index in [2.05, 4.69) is 9.88 Å². The van der Waals surface area contributed by atoms with E-state index in [1.54, 1.807) is 18.3 Å². The minimum Gasteiger partial charge on any atom is -0.298 e. The first-order valence-corrected chi connectivity index (χ1v) is 11.0. The quantitative estimate of drug-likeness (QED) is 0.753. The third-order valence-corrected chi connectivity index (χ3v) is 8.18. The number of nitrogens with zero attached hydrogens (tertiary/aromatic N) is 3. The zero-order chi connectivity index (χ0) is 16.5. The van der Waals surface area contributed by atoms with Gasteiger partial charge in [0.15, 0.2) is 0 Å². The number of hydrogen-bond donors (Lipinski definition) is 0. The van der Waals surface area contributed by atoms with Gasteiger partial charge in [0.2, 0.25) is 10.0 Å². The van der Waals surface area contributed by atoms with Gasteiger partial charge in [0.05, 0.1) is 11.5 Å². The molecule has 2 aliphatic heterocycles. The molecule has 23 heavy (non-hydrogen) atoms. The molecule has 1 aromatic heterocycles. The lowest BCUT2D eigenvalue weighted by Crippen LogP contribution is -2.53. The van der Waals surface area contributed by atoms with Crippen molar-refractivity contribution in [1.29, 1.82) is 0 Å². The molecule has 0 amide bonds. The first-order valence-electron chi connectivity index (χ1n) is 7.73. The molecule has 0 N–H and O–H groups in total. The van der Waals surface area contributed by atoms with Gasteiger partial charge in [-0.05, 0) is 25.0 Å². The zero-order valence-electron chi connectivity index (χ0n) is 12.8. The van der Waals surface area contributed by atoms with Gasteiger partial charge in [0, 0.05) is 44.6 Å². The molecule has 7 nitrogen and oxygen atoms in total. The molecule has 9 heteroatoms. The van der Waals surface area contributed by atoms with Crippen LogP contribution in [-0.2, 0) is 19.9 Å². The second-order valence-corrected chi connectivity index (χ2v) is 10.3. The molecule has 0 spiro atoms. The van der Waals surface area contributed by atoms with Crippen molar-refractivity contribution in [3.63, 3.8) is 0 Å². The summed E-state index contributed by atoms with van der Waals surface area (Å²) in [5.74, 6) is 0.484. The summed E-state index contributed by atoms with van der Waals surface area (Å²) in [7, 11) is -6.35. The fourth-order valence-electron chi connectivity index (χ4n) is 3.20. The first-order chi connectivity index (χ1) is 10.9. The van der Waals surface area contributed by atoms with Crippen molar-refractivity contribution in [2.75, 3.05) is 37.7 Å². The Labute approximate surface area is 137 Å². The molecule has 0 radical (unpaired) electrons. The molecule has 2 fully saturated rings. The number of sulfonamides is 1. The summed E-state index contributed by atoms with van der Waals surface area (Å²) in [6, 6.07) is 3.42. The molecule has 0 aromatic carbocycles. The molecule has 2 saturated heterocycles. The van der Waals surface area contributed by atoms with Crippen molar-refractivity contribution in [2.45, 2.75) is 23.8 Å². The molecule has 0 atom stereocenters. The van der Waals surface area contributed by atoms with Crippen molar-refractivity contribution < 1.29 is 16.8 Å². The van der Waals surface area contributed by atoms with Gasteiger partial charge in [-0.3, -0.25) is 9.88 Å². The van der Waals surface area contributed by atoms with Crippen LogP contribution in [0.5, 0.6) is 0 Å². The molecular formula is C14H21N3O4S2. The SMILES string of the molecule is O=S1(=O)CCC(N2CCN(S(=O)(=O)c3cccnc3)CC2)CC1. The van der Waals surface area contributed by atoms with Crippen LogP contribution in [0.25, 0.3) is 0 Å². The maximum atomic E-state index is 12.5. The Kier molecular flexibility index (Phi) is 4.73. The lowest BCUT2D eigenvalue weighted by Gasteiger charge is -2.40. The minimum atomic E-state index is -3.49. The predicted molar refractivity (Wildman–Crippen MR) is 86.2 cm³/mol. The average Bonchev–Trinajstić information content (AvgIpc) is 2.56. The van der Waals surface area contributed by atoms with Gasteiger partial charge in [-0.15, -0.1) is 0 Å². The summed E-state index contributed by atoms with van der Waals surface area (Å²) in [6.07, 6.45) is 4.22. The Morgan fingerprint density at radius 2 is 1.74 bits per heavy atom. The van der Waals surface area contributed by atoms with E-state index in [9.17, 15) is 16.8 Å². The molecule has 0 unspecified atom stereocenters. The van der Waals surface area contributed by atoms with Crippen molar-refractivity contribution in [1.82, 2.24) is 14.2 Å². The molecule has 0 aliphatic carbocycles. The summed E-state index contributed by atoms with van der Waals surface area (Å²) < 4.78 is 49.6. The second-order valence-electron chi connectivity index (χ2n) is 6.01. The highest BCUT2D eigenvalue weighted by Gasteiger charge is 2.33. The van der Waals surface area contributed by atoms with Crippen molar-refractivity contribution >= 4 is 19.9 Å². The van der Waals surface area contributed by atoms with Crippen LogP contribution in [0.4, 0.5) is 0 Å². The van der Waals surface area contributed by atoms with Crippen LogP contribution < -0.4 is 0 Å². The fraction of sp³-hybridized carbons (Fsp3) is 0.643. The van der Waals surface area contributed by atoms with E-state index in [0.717, 1.165) is 0 Å². The Morgan fingerprint density at radius 3 is 2.30 bits per heavy atom. The van der Waals surface area contributed by atoms with Crippen LogP contribution in [0.15, 0.2) is 29.4 Å². The maximum Gasteiger partial charge on any atom is 0.244 e. The van der Waals surface area contributed by atoms with Crippen molar-refractivity contribution in [3.8, 4) is 0 Å². The number of hydrogen-bond acceptors (Lipinski definition) is 6. The number of piperazine rings is 1. The van der Waals surface area contributed by atoms with Gasteiger partial charge < -0.3 is 0 Å². The molecular weight excluding hydrogens is 338 g/mol. The largest absolute Gasteiger partial charge is 0.298 e. The molecule has 1 aromatic rings. The minimum absolute atomic E-state index is 0.220. The van der Waals surface area contributed by atoms with Crippen LogP contribution in [0.3, 0.4) is 0 Å². The van der Waals surface area contributed by atoms with E-state index < -0.39 is 19.9 Å². The molecule has 3 rings (SSSR count). The second kappa shape index (κ2) is 6.46. The fourth-order valence-corrected chi connectivity index (χ4v) is 6.05. The average molecular weight is 359 g/mol. The summed E-state index contributed by atoms with van der Waals surface area (Å²) >= 11 is 0. The smallest absolute Gasteiger partial charge is 0.244 e. The van der Waals surface area contributed by atoms with Crippen LogP contribution >= 0.6 is 0 Å². The van der Waals surface area contributed by atoms with Crippen molar-refractivity contribution in [2.24, 2.45) is 0 Å². The van der Waals surface area contributed by atoms with Crippen LogP contribution in [-0.4, -0.2) is 74.8 Å². The number of pyridine rings is 1. The Bertz CT molecular complexity index is 727. The van der Waals surface area contributed by atoms with Crippen LogP contribution in [0.1, 0.15) is 12.8 Å². The zero-order valence-corrected chi connectivity index (χ0v) is 14.5. The van der Waals surface area contributed by atoms with E-state index >= 15 is 0 Å². The van der Waals surface area contributed by atoms with Crippen LogP contribution in [0, 0.1) is 0 Å². The lowest BCUT2D eigenvalue weighted by molar-refractivity contribution is 0.129. The number of aromatic nitrogens is 1. The monoisotopic (exact) mass is 359 g/mol. The third-order valence-electron chi connectivity index (χ3n) is 4.59. The highest BCUT2D eigenvalue weighted by molar-refractivity contribution is 7.91. The van der Waals surface area contributed by atoms with E-state index in [1.807, 2.05) is 0 Å². The Hall–Kier alpha value is -1.03. The van der Waals surface area contributed by atoms with Gasteiger partial charge in [-0.25, -0.2) is 16.8 Å². The van der Waals surface area contributed by atoms with Crippen molar-refractivity contribution in [3.05, 3.63) is 24.5 Å². The van der Waals surface area contributed by atoms with Gasteiger partial charge in [0.1, 0.15) is 14.7 Å². The molecule has 3 heterocycles. The Balaban J connectivity index is 1.61. The normalized spacial score (nSPS) is 24.5. The molecule has 128 valence electrons. The summed E-state index contributed by atoms with van der Waals surface area (Å²) in [5, 5.41) is 0. The lowest BCUT2D eigenvalue weighted by atomic mass is 10.1. The predicted octanol–water partition coefficient (Wildman–Crippen LogP) is -0.0349. The summed E-state index contributed by atoms with van der Waals surface area (Å²) in [6.45, 7) is 2.15. The maximum absolute atomic E-state index is 12.5. The van der Waals surface area contributed by atoms with Gasteiger partial charge in [-0.2, -0.15) is 4.31 Å². The molecule has 0 bridgehead atoms. The van der Waals surface area contributed by atoms with E-state index in [4.69, 9.17) is 0 Å². The van der Waals surface area contributed by atoms with Gasteiger partial charge >= 0.3 is 0 Å². The molecule has 0 saturated carbocycles. The standard InChI is InChI=1S/C14H21N3O4S2/c18-22(19)10-3-13(4-11-22)16-6-8-17(9-7-16)23(20,21)14-2-1-5-15-12-14/h1-2,5,12-13H,3-4,6-11H2. The number of sulfone groups is 1. The van der Waals surface area contributed by atoms with E-state index in [1.165, 1.54) is 10.5 Å². The van der Waals surface area contributed by atoms with Crippen LogP contribution in [0.2, 0.25) is 0 Å². The summed E-state index contributed by atoms with van der Waals surface area (Å²) in [5.41, 5.74) is 0. The molecule has 2 aliphatic rings. The topological polar surface area (TPSA) is 87.7 Å². The van der Waals surface area contributed by atoms with Gasteiger partial charge in [0.25, 0.3) is 0 Å². The first kappa shape index (κ1) is 16.8. The highest BCUT2D eigenvalue weighted by atomic mass is 32.2. The summed E-state index contributed by atoms with van der Waals surface area (Å²) in [4.78, 5) is 6.32. The van der Waals surface area contributed by atoms with E-state index in [0.29, 0.717) is 39.0 Å². The van der Waals surface area contributed by atoms with Gasteiger partial charge in [-0.1, -0.05) is 0 Å². The van der Waals surface area contributed by atoms with E-state index in [-0.39, 0.29) is 22.4 Å². The third kappa shape index (κ3) is 3.73.